The molecule has 1 N–H and O–H groups in total. The number of amides is 1. The van der Waals surface area contributed by atoms with Crippen molar-refractivity contribution >= 4 is 52.8 Å². The lowest BCUT2D eigenvalue weighted by atomic mass is 10.3. The van der Waals surface area contributed by atoms with Crippen molar-refractivity contribution in [3.8, 4) is 0 Å². The van der Waals surface area contributed by atoms with Crippen LogP contribution in [0.25, 0.3) is 6.08 Å². The lowest BCUT2D eigenvalue weighted by molar-refractivity contribution is -0.112. The minimum Gasteiger partial charge on any atom is -0.450 e. The van der Waals surface area contributed by atoms with Gasteiger partial charge in [-0.1, -0.05) is 47.3 Å². The van der Waals surface area contributed by atoms with Crippen LogP contribution >= 0.6 is 35.1 Å². The Morgan fingerprint density at radius 3 is 2.68 bits per heavy atom. The van der Waals surface area contributed by atoms with Crippen LogP contribution in [0.4, 0.5) is 5.69 Å². The molecular formula is C19H12ClNO2S2. The number of carbonyl (C=O) groups is 1. The first kappa shape index (κ1) is 16.4. The molecule has 0 radical (unpaired) electrons. The molecule has 0 saturated carbocycles. The van der Waals surface area contributed by atoms with E-state index in [-0.39, 0.29) is 5.91 Å². The van der Waals surface area contributed by atoms with Gasteiger partial charge in [0.15, 0.2) is 5.09 Å². The number of rotatable bonds is 3. The summed E-state index contributed by atoms with van der Waals surface area (Å²) in [7, 11) is 0. The largest absolute Gasteiger partial charge is 0.450 e. The molecule has 0 aliphatic carbocycles. The molecule has 124 valence electrons. The highest BCUT2D eigenvalue weighted by molar-refractivity contribution is 8.04. The fourth-order valence-electron chi connectivity index (χ4n) is 2.32. The van der Waals surface area contributed by atoms with Crippen LogP contribution in [0.2, 0.25) is 5.02 Å². The van der Waals surface area contributed by atoms with E-state index >= 15 is 0 Å². The molecule has 25 heavy (non-hydrogen) atoms. The molecule has 1 aromatic heterocycles. The zero-order chi connectivity index (χ0) is 17.2. The van der Waals surface area contributed by atoms with Crippen molar-refractivity contribution in [2.24, 2.45) is 0 Å². The Morgan fingerprint density at radius 2 is 1.84 bits per heavy atom. The zero-order valence-corrected chi connectivity index (χ0v) is 15.3. The van der Waals surface area contributed by atoms with E-state index in [1.807, 2.05) is 60.7 Å². The quantitative estimate of drug-likeness (QED) is 0.547. The van der Waals surface area contributed by atoms with E-state index in [0.717, 1.165) is 20.6 Å². The Bertz CT molecular complexity index is 964. The lowest BCUT2D eigenvalue weighted by Gasteiger charge is -2.17. The minimum atomic E-state index is -0.119. The van der Waals surface area contributed by atoms with Crippen molar-refractivity contribution in [3.05, 3.63) is 76.4 Å². The number of halogens is 1. The second-order valence-electron chi connectivity index (χ2n) is 5.27. The van der Waals surface area contributed by atoms with Crippen LogP contribution in [0.1, 0.15) is 5.76 Å². The van der Waals surface area contributed by atoms with E-state index in [9.17, 15) is 4.79 Å². The predicted octanol–water partition coefficient (Wildman–Crippen LogP) is 6.17. The molecule has 0 saturated heterocycles. The highest BCUT2D eigenvalue weighted by Crippen LogP contribution is 2.39. The maximum Gasteiger partial charge on any atom is 0.262 e. The van der Waals surface area contributed by atoms with Crippen molar-refractivity contribution in [1.29, 1.82) is 0 Å². The third-order valence-corrected chi connectivity index (χ3v) is 5.77. The molecule has 1 amide bonds. The van der Waals surface area contributed by atoms with Crippen LogP contribution in [0.15, 0.2) is 84.9 Å². The highest BCUT2D eigenvalue weighted by atomic mass is 35.5. The second kappa shape index (κ2) is 7.04. The van der Waals surface area contributed by atoms with Gasteiger partial charge < -0.3 is 9.73 Å². The van der Waals surface area contributed by atoms with Crippen LogP contribution < -0.4 is 5.32 Å². The van der Waals surface area contributed by atoms with Gasteiger partial charge in [0, 0.05) is 20.9 Å². The summed E-state index contributed by atoms with van der Waals surface area (Å²) in [4.78, 5) is 14.9. The summed E-state index contributed by atoms with van der Waals surface area (Å²) < 4.78 is 5.82. The first-order valence-corrected chi connectivity index (χ1v) is 9.52. The number of fused-ring (bicyclic) bond motifs is 1. The third kappa shape index (κ3) is 3.79. The van der Waals surface area contributed by atoms with Gasteiger partial charge in [0.05, 0.1) is 10.6 Å². The molecule has 6 heteroatoms. The maximum atomic E-state index is 12.2. The van der Waals surface area contributed by atoms with Crippen molar-refractivity contribution in [1.82, 2.24) is 0 Å². The average molecular weight is 386 g/mol. The normalized spacial score (nSPS) is 15.1. The van der Waals surface area contributed by atoms with Crippen LogP contribution in [0.3, 0.4) is 0 Å². The molecule has 0 atom stereocenters. The maximum absolute atomic E-state index is 12.2. The standard InChI is InChI=1S/C19H12ClNO2S2/c20-12-5-8-14(9-6-12)24-18-10-7-13(23-18)11-17-19(22)21-15-3-1-2-4-16(15)25-17/h1-11H,(H,21,22)/b17-11-. The summed E-state index contributed by atoms with van der Waals surface area (Å²) in [6.45, 7) is 0. The molecule has 1 aliphatic rings. The summed E-state index contributed by atoms with van der Waals surface area (Å²) in [6, 6.07) is 19.1. The van der Waals surface area contributed by atoms with Crippen molar-refractivity contribution < 1.29 is 9.21 Å². The Hall–Kier alpha value is -2.08. The summed E-state index contributed by atoms with van der Waals surface area (Å²) in [5.74, 6) is 0.528. The van der Waals surface area contributed by atoms with Gasteiger partial charge in [0.2, 0.25) is 0 Å². The van der Waals surface area contributed by atoms with Gasteiger partial charge in [-0.2, -0.15) is 0 Å². The molecule has 0 fully saturated rings. The van der Waals surface area contributed by atoms with Crippen LogP contribution in [0.5, 0.6) is 0 Å². The van der Waals surface area contributed by atoms with Gasteiger partial charge in [-0.05, 0) is 48.5 Å². The SMILES string of the molecule is O=C1Nc2ccccc2S/C1=C\c1ccc(Sc2ccc(Cl)cc2)o1. The third-order valence-electron chi connectivity index (χ3n) is 3.49. The number of para-hydroxylation sites is 1. The lowest BCUT2D eigenvalue weighted by Crippen LogP contribution is -2.16. The van der Waals surface area contributed by atoms with E-state index in [4.69, 9.17) is 16.0 Å². The van der Waals surface area contributed by atoms with E-state index in [1.165, 1.54) is 23.5 Å². The molecule has 1 aliphatic heterocycles. The first-order chi connectivity index (χ1) is 12.2. The molecule has 0 bridgehead atoms. The first-order valence-electron chi connectivity index (χ1n) is 7.50. The fraction of sp³-hybridized carbons (Fsp3) is 0. The van der Waals surface area contributed by atoms with Crippen molar-refractivity contribution in [2.75, 3.05) is 5.32 Å². The number of nitrogens with one attached hydrogen (secondary N) is 1. The second-order valence-corrected chi connectivity index (χ2v) is 7.87. The molecule has 0 spiro atoms. The Balaban J connectivity index is 1.53. The van der Waals surface area contributed by atoms with E-state index in [1.54, 1.807) is 6.08 Å². The van der Waals surface area contributed by atoms with Gasteiger partial charge in [0.25, 0.3) is 5.91 Å². The number of furan rings is 1. The van der Waals surface area contributed by atoms with Gasteiger partial charge in [-0.25, -0.2) is 0 Å². The summed E-state index contributed by atoms with van der Waals surface area (Å²) in [5.41, 5.74) is 0.841. The van der Waals surface area contributed by atoms with Gasteiger partial charge >= 0.3 is 0 Å². The Kier molecular flexibility index (Phi) is 4.61. The summed E-state index contributed by atoms with van der Waals surface area (Å²) in [6.07, 6.45) is 1.77. The zero-order valence-electron chi connectivity index (χ0n) is 12.9. The Labute approximate surface area is 158 Å². The summed E-state index contributed by atoms with van der Waals surface area (Å²) >= 11 is 8.85. The number of thioether (sulfide) groups is 1. The monoisotopic (exact) mass is 385 g/mol. The number of carbonyl (C=O) groups excluding carboxylic acids is 1. The molecular weight excluding hydrogens is 374 g/mol. The number of hydrogen-bond donors (Lipinski definition) is 1. The van der Waals surface area contributed by atoms with Gasteiger partial charge in [-0.3, -0.25) is 4.79 Å². The van der Waals surface area contributed by atoms with Gasteiger partial charge in [0.1, 0.15) is 5.76 Å². The molecule has 3 aromatic rings. The van der Waals surface area contributed by atoms with Crippen molar-refractivity contribution in [2.45, 2.75) is 14.9 Å². The molecule has 2 heterocycles. The molecule has 3 nitrogen and oxygen atoms in total. The van der Waals surface area contributed by atoms with Crippen molar-refractivity contribution in [3.63, 3.8) is 0 Å². The van der Waals surface area contributed by atoms with E-state index in [2.05, 4.69) is 5.32 Å². The number of benzene rings is 2. The number of hydrogen-bond acceptors (Lipinski definition) is 4. The molecule has 4 rings (SSSR count). The predicted molar refractivity (Wildman–Crippen MR) is 103 cm³/mol. The topological polar surface area (TPSA) is 42.2 Å². The molecule has 2 aromatic carbocycles. The Morgan fingerprint density at radius 1 is 1.04 bits per heavy atom. The summed E-state index contributed by atoms with van der Waals surface area (Å²) in [5, 5.41) is 4.36. The van der Waals surface area contributed by atoms with Crippen LogP contribution in [-0.2, 0) is 4.79 Å². The molecule has 0 unspecified atom stereocenters. The van der Waals surface area contributed by atoms with Gasteiger partial charge in [-0.15, -0.1) is 0 Å². The smallest absolute Gasteiger partial charge is 0.262 e. The highest BCUT2D eigenvalue weighted by Gasteiger charge is 2.21. The minimum absolute atomic E-state index is 0.119. The average Bonchev–Trinajstić information content (AvgIpc) is 3.05. The fourth-order valence-corrected chi connectivity index (χ4v) is 4.15. The van der Waals surface area contributed by atoms with Crippen LogP contribution in [-0.4, -0.2) is 5.91 Å². The van der Waals surface area contributed by atoms with Crippen LogP contribution in [0, 0.1) is 0 Å². The number of anilines is 1. The van der Waals surface area contributed by atoms with E-state index in [0.29, 0.717) is 15.7 Å². The van der Waals surface area contributed by atoms with E-state index < -0.39 is 0 Å².